The standard InChI is InChI=1S/C22H20N4O2S2/c1-13-9-10-17(28-3)16(11-13)24-18(27)12-29-22-20-21(30-14(2)23-20)19(25-26-22)15-7-5-4-6-8-15/h4-11H,12H2,1-3H3,(H,24,27). The van der Waals surface area contributed by atoms with Crippen LogP contribution < -0.4 is 10.1 Å². The maximum Gasteiger partial charge on any atom is 0.234 e. The normalized spacial score (nSPS) is 10.9. The van der Waals surface area contributed by atoms with Crippen LogP contribution in [0.2, 0.25) is 0 Å². The molecule has 2 aromatic heterocycles. The Hall–Kier alpha value is -2.97. The molecular weight excluding hydrogens is 416 g/mol. The molecule has 0 fully saturated rings. The van der Waals surface area contributed by atoms with E-state index in [0.717, 1.165) is 32.0 Å². The molecule has 0 saturated carbocycles. The summed E-state index contributed by atoms with van der Waals surface area (Å²) in [5, 5.41) is 13.3. The number of nitrogens with zero attached hydrogens (tertiary/aromatic N) is 3. The van der Waals surface area contributed by atoms with Crippen LogP contribution in [0.4, 0.5) is 5.69 Å². The van der Waals surface area contributed by atoms with Gasteiger partial charge in [-0.05, 0) is 31.5 Å². The van der Waals surface area contributed by atoms with Gasteiger partial charge in [0, 0.05) is 5.56 Å². The van der Waals surface area contributed by atoms with Crippen LogP contribution >= 0.6 is 23.1 Å². The number of rotatable bonds is 6. The molecule has 2 aromatic carbocycles. The minimum Gasteiger partial charge on any atom is -0.495 e. The number of hydrogen-bond acceptors (Lipinski definition) is 7. The molecule has 0 aliphatic heterocycles. The van der Waals surface area contributed by atoms with E-state index < -0.39 is 0 Å². The number of thioether (sulfide) groups is 1. The average Bonchev–Trinajstić information content (AvgIpc) is 3.14. The van der Waals surface area contributed by atoms with Gasteiger partial charge in [0.2, 0.25) is 5.91 Å². The monoisotopic (exact) mass is 436 g/mol. The van der Waals surface area contributed by atoms with Crippen molar-refractivity contribution in [2.24, 2.45) is 0 Å². The number of methoxy groups -OCH3 is 1. The van der Waals surface area contributed by atoms with Gasteiger partial charge in [-0.2, -0.15) is 0 Å². The van der Waals surface area contributed by atoms with Gasteiger partial charge in [-0.3, -0.25) is 4.79 Å². The van der Waals surface area contributed by atoms with Crippen molar-refractivity contribution in [3.8, 4) is 17.0 Å². The minimum absolute atomic E-state index is 0.141. The summed E-state index contributed by atoms with van der Waals surface area (Å²) in [4.78, 5) is 17.2. The number of nitrogens with one attached hydrogen (secondary N) is 1. The molecule has 6 nitrogen and oxygen atoms in total. The molecule has 30 heavy (non-hydrogen) atoms. The third kappa shape index (κ3) is 4.29. The zero-order chi connectivity index (χ0) is 21.1. The molecule has 4 rings (SSSR count). The number of benzene rings is 2. The molecular formula is C22H20N4O2S2. The number of fused-ring (bicyclic) bond motifs is 1. The summed E-state index contributed by atoms with van der Waals surface area (Å²) in [6, 6.07) is 15.6. The number of aryl methyl sites for hydroxylation is 2. The Morgan fingerprint density at radius 1 is 1.13 bits per heavy atom. The molecule has 0 atom stereocenters. The number of thiazole rings is 1. The summed E-state index contributed by atoms with van der Waals surface area (Å²) in [6.07, 6.45) is 0. The molecule has 8 heteroatoms. The molecule has 4 aromatic rings. The van der Waals surface area contributed by atoms with E-state index in [1.165, 1.54) is 11.8 Å². The fraction of sp³-hybridized carbons (Fsp3) is 0.182. The molecule has 152 valence electrons. The predicted molar refractivity (Wildman–Crippen MR) is 122 cm³/mol. The van der Waals surface area contributed by atoms with Crippen LogP contribution in [0.25, 0.3) is 21.5 Å². The van der Waals surface area contributed by atoms with E-state index in [1.54, 1.807) is 18.4 Å². The summed E-state index contributed by atoms with van der Waals surface area (Å²) >= 11 is 2.92. The number of ether oxygens (including phenoxy) is 1. The second-order valence-electron chi connectivity index (χ2n) is 6.67. The van der Waals surface area contributed by atoms with Crippen molar-refractivity contribution in [2.45, 2.75) is 18.9 Å². The maximum atomic E-state index is 12.5. The van der Waals surface area contributed by atoms with Crippen molar-refractivity contribution in [3.63, 3.8) is 0 Å². The fourth-order valence-electron chi connectivity index (χ4n) is 3.04. The number of carbonyl (C=O) groups is 1. The Morgan fingerprint density at radius 3 is 2.70 bits per heavy atom. The second-order valence-corrected chi connectivity index (χ2v) is 8.84. The topological polar surface area (TPSA) is 77.0 Å². The van der Waals surface area contributed by atoms with E-state index in [4.69, 9.17) is 4.74 Å². The average molecular weight is 437 g/mol. The van der Waals surface area contributed by atoms with Gasteiger partial charge in [-0.15, -0.1) is 21.5 Å². The SMILES string of the molecule is COc1ccc(C)cc1NC(=O)CSc1nnc(-c2ccccc2)c2sc(C)nc12. The second kappa shape index (κ2) is 8.81. The fourth-order valence-corrected chi connectivity index (χ4v) is 4.76. The zero-order valence-electron chi connectivity index (χ0n) is 16.8. The van der Waals surface area contributed by atoms with Gasteiger partial charge < -0.3 is 10.1 Å². The molecule has 1 N–H and O–H groups in total. The molecule has 1 amide bonds. The number of amides is 1. The largest absolute Gasteiger partial charge is 0.495 e. The lowest BCUT2D eigenvalue weighted by molar-refractivity contribution is -0.113. The lowest BCUT2D eigenvalue weighted by Crippen LogP contribution is -2.15. The zero-order valence-corrected chi connectivity index (χ0v) is 18.4. The quantitative estimate of drug-likeness (QED) is 0.423. The molecule has 0 aliphatic rings. The van der Waals surface area contributed by atoms with Gasteiger partial charge in [0.05, 0.1) is 28.3 Å². The first-order valence-corrected chi connectivity index (χ1v) is 11.1. The van der Waals surface area contributed by atoms with Crippen LogP contribution in [-0.2, 0) is 4.79 Å². The van der Waals surface area contributed by atoms with E-state index in [9.17, 15) is 4.79 Å². The molecule has 0 unspecified atom stereocenters. The van der Waals surface area contributed by atoms with E-state index in [0.29, 0.717) is 16.5 Å². The van der Waals surface area contributed by atoms with Crippen LogP contribution in [-0.4, -0.2) is 34.0 Å². The van der Waals surface area contributed by atoms with Crippen molar-refractivity contribution in [1.29, 1.82) is 0 Å². The molecule has 0 spiro atoms. The Labute approximate surface area is 182 Å². The highest BCUT2D eigenvalue weighted by atomic mass is 32.2. The van der Waals surface area contributed by atoms with Crippen LogP contribution in [0, 0.1) is 13.8 Å². The van der Waals surface area contributed by atoms with E-state index in [-0.39, 0.29) is 11.7 Å². The van der Waals surface area contributed by atoms with Crippen LogP contribution in [0.1, 0.15) is 10.6 Å². The minimum atomic E-state index is -0.141. The van der Waals surface area contributed by atoms with E-state index >= 15 is 0 Å². The summed E-state index contributed by atoms with van der Waals surface area (Å²) in [7, 11) is 1.58. The van der Waals surface area contributed by atoms with Crippen molar-refractivity contribution in [3.05, 3.63) is 59.1 Å². The number of carbonyl (C=O) groups excluding carboxylic acids is 1. The molecule has 0 bridgehead atoms. The first-order valence-electron chi connectivity index (χ1n) is 9.31. The Balaban J connectivity index is 1.55. The summed E-state index contributed by atoms with van der Waals surface area (Å²) < 4.78 is 6.31. The molecule has 0 saturated heterocycles. The Bertz CT molecular complexity index is 1210. The van der Waals surface area contributed by atoms with Gasteiger partial charge in [0.15, 0.2) is 0 Å². The van der Waals surface area contributed by atoms with Gasteiger partial charge >= 0.3 is 0 Å². The van der Waals surface area contributed by atoms with Crippen molar-refractivity contribution in [1.82, 2.24) is 15.2 Å². The maximum absolute atomic E-state index is 12.5. The van der Waals surface area contributed by atoms with Gasteiger partial charge in [0.25, 0.3) is 0 Å². The van der Waals surface area contributed by atoms with E-state index in [1.807, 2.05) is 62.4 Å². The highest BCUT2D eigenvalue weighted by molar-refractivity contribution is 8.00. The van der Waals surface area contributed by atoms with Crippen LogP contribution in [0.15, 0.2) is 53.6 Å². The van der Waals surface area contributed by atoms with E-state index in [2.05, 4.69) is 20.5 Å². The third-order valence-corrected chi connectivity index (χ3v) is 6.34. The third-order valence-electron chi connectivity index (χ3n) is 4.41. The van der Waals surface area contributed by atoms with Gasteiger partial charge in [-0.25, -0.2) is 4.98 Å². The van der Waals surface area contributed by atoms with Crippen molar-refractivity contribution in [2.75, 3.05) is 18.2 Å². The van der Waals surface area contributed by atoms with Crippen molar-refractivity contribution >= 4 is 44.9 Å². The number of hydrogen-bond donors (Lipinski definition) is 1. The van der Waals surface area contributed by atoms with Crippen LogP contribution in [0.5, 0.6) is 5.75 Å². The Kier molecular flexibility index (Phi) is 5.96. The van der Waals surface area contributed by atoms with Crippen LogP contribution in [0.3, 0.4) is 0 Å². The lowest BCUT2D eigenvalue weighted by Gasteiger charge is -2.11. The lowest BCUT2D eigenvalue weighted by atomic mass is 10.1. The number of anilines is 1. The highest BCUT2D eigenvalue weighted by Gasteiger charge is 2.17. The smallest absolute Gasteiger partial charge is 0.234 e. The highest BCUT2D eigenvalue weighted by Crippen LogP contribution is 2.35. The molecule has 2 heterocycles. The van der Waals surface area contributed by atoms with Gasteiger partial charge in [-0.1, -0.05) is 48.2 Å². The van der Waals surface area contributed by atoms with Gasteiger partial charge in [0.1, 0.15) is 22.0 Å². The predicted octanol–water partition coefficient (Wildman–Crippen LogP) is 5.11. The summed E-state index contributed by atoms with van der Waals surface area (Å²) in [5.41, 5.74) is 4.30. The Morgan fingerprint density at radius 2 is 1.93 bits per heavy atom. The first-order chi connectivity index (χ1) is 14.5. The molecule has 0 radical (unpaired) electrons. The summed E-state index contributed by atoms with van der Waals surface area (Å²) in [6.45, 7) is 3.93. The molecule has 0 aliphatic carbocycles. The number of aromatic nitrogens is 3. The summed E-state index contributed by atoms with van der Waals surface area (Å²) in [5.74, 6) is 0.684. The first kappa shape index (κ1) is 20.3. The van der Waals surface area contributed by atoms with Crippen molar-refractivity contribution < 1.29 is 9.53 Å².